The van der Waals surface area contributed by atoms with Gasteiger partial charge in [0.2, 0.25) is 0 Å². The van der Waals surface area contributed by atoms with Gasteiger partial charge in [0.25, 0.3) is 0 Å². The zero-order chi connectivity index (χ0) is 20.6. The lowest BCUT2D eigenvalue weighted by molar-refractivity contribution is 0.100. The average Bonchev–Trinajstić information content (AvgIpc) is 3.30. The van der Waals surface area contributed by atoms with Crippen LogP contribution < -0.4 is 0 Å². The fraction of sp³-hybridized carbons (Fsp3) is 0.0800. The predicted octanol–water partition coefficient (Wildman–Crippen LogP) is 6.10. The van der Waals surface area contributed by atoms with Crippen LogP contribution in [0.15, 0.2) is 95.7 Å². The molecule has 0 radical (unpaired) electrons. The first-order chi connectivity index (χ1) is 14.0. The Balaban J connectivity index is 0.000000166. The molecule has 4 rings (SSSR count). The second-order valence-corrected chi connectivity index (χ2v) is 6.52. The summed E-state index contributed by atoms with van der Waals surface area (Å²) in [7, 11) is 0. The summed E-state index contributed by atoms with van der Waals surface area (Å²) >= 11 is 0. The summed E-state index contributed by atoms with van der Waals surface area (Å²) in [5.74, 6) is 0.173. The number of carbonyl (C=O) groups is 2. The highest BCUT2D eigenvalue weighted by molar-refractivity contribution is 5.95. The van der Waals surface area contributed by atoms with E-state index in [1.165, 1.54) is 11.8 Å². The molecule has 0 aliphatic rings. The van der Waals surface area contributed by atoms with Crippen LogP contribution in [0.2, 0.25) is 0 Å². The molecule has 0 aliphatic heterocycles. The lowest BCUT2D eigenvalue weighted by Gasteiger charge is -2.01. The van der Waals surface area contributed by atoms with Crippen molar-refractivity contribution in [1.82, 2.24) is 5.16 Å². The van der Waals surface area contributed by atoms with E-state index in [9.17, 15) is 9.59 Å². The van der Waals surface area contributed by atoms with E-state index in [2.05, 4.69) is 17.3 Å². The van der Waals surface area contributed by atoms with Crippen LogP contribution in [0.4, 0.5) is 0 Å². The number of hydrogen-bond acceptors (Lipinski definition) is 4. The molecular weight excluding hydrogens is 362 g/mol. The highest BCUT2D eigenvalue weighted by Gasteiger charge is 2.02. The minimum Gasteiger partial charge on any atom is -0.364 e. The summed E-state index contributed by atoms with van der Waals surface area (Å²) in [6, 6.07) is 26.9. The van der Waals surface area contributed by atoms with Crippen molar-refractivity contribution in [2.24, 2.45) is 0 Å². The maximum Gasteiger partial charge on any atom is 0.159 e. The normalized spacial score (nSPS) is 10.0. The first-order valence-corrected chi connectivity index (χ1v) is 9.23. The van der Waals surface area contributed by atoms with E-state index in [0.29, 0.717) is 5.56 Å². The molecular formula is C25H21NO3. The minimum atomic E-state index is 0.0664. The molecule has 0 N–H and O–H groups in total. The second-order valence-electron chi connectivity index (χ2n) is 6.52. The number of rotatable bonds is 4. The van der Waals surface area contributed by atoms with E-state index < -0.39 is 0 Å². The zero-order valence-corrected chi connectivity index (χ0v) is 16.3. The van der Waals surface area contributed by atoms with Crippen LogP contribution in [0.25, 0.3) is 22.4 Å². The monoisotopic (exact) mass is 383 g/mol. The standard InChI is InChI=1S/C14H12O.C11H9NO2/c1-11(15)12-7-9-14(10-8-12)13-5-3-2-4-6-13;1-8(13)9-2-4-10(5-3-9)11-6-7-14-12-11/h2-10H,1H3;2-7H,1H3. The Bertz CT molecular complexity index is 1070. The van der Waals surface area contributed by atoms with E-state index in [4.69, 9.17) is 4.52 Å². The van der Waals surface area contributed by atoms with Gasteiger partial charge in [0, 0.05) is 22.8 Å². The van der Waals surface area contributed by atoms with Gasteiger partial charge in [-0.1, -0.05) is 84.0 Å². The van der Waals surface area contributed by atoms with Crippen LogP contribution in [-0.2, 0) is 0 Å². The molecule has 1 heterocycles. The molecule has 0 atom stereocenters. The molecule has 4 nitrogen and oxygen atoms in total. The molecule has 1 aromatic heterocycles. The third-order valence-corrected chi connectivity index (χ3v) is 4.42. The van der Waals surface area contributed by atoms with E-state index in [-0.39, 0.29) is 11.6 Å². The molecule has 0 fully saturated rings. The van der Waals surface area contributed by atoms with Crippen LogP contribution in [0.3, 0.4) is 0 Å². The molecule has 144 valence electrons. The minimum absolute atomic E-state index is 0.0664. The van der Waals surface area contributed by atoms with Crippen LogP contribution in [0, 0.1) is 0 Å². The largest absolute Gasteiger partial charge is 0.364 e. The average molecular weight is 383 g/mol. The number of nitrogens with zero attached hydrogens (tertiary/aromatic N) is 1. The van der Waals surface area contributed by atoms with Gasteiger partial charge in [-0.2, -0.15) is 0 Å². The summed E-state index contributed by atoms with van der Waals surface area (Å²) in [6.45, 7) is 3.13. The van der Waals surface area contributed by atoms with Crippen molar-refractivity contribution in [3.8, 4) is 22.4 Å². The molecule has 4 aromatic rings. The Hall–Kier alpha value is -3.79. The first kappa shape index (κ1) is 20.0. The van der Waals surface area contributed by atoms with Gasteiger partial charge in [0.1, 0.15) is 12.0 Å². The highest BCUT2D eigenvalue weighted by Crippen LogP contribution is 2.19. The van der Waals surface area contributed by atoms with Crippen molar-refractivity contribution in [3.05, 3.63) is 102 Å². The number of ketones is 2. The third-order valence-electron chi connectivity index (χ3n) is 4.42. The summed E-state index contributed by atoms with van der Waals surface area (Å²) in [6.07, 6.45) is 1.52. The molecule has 0 spiro atoms. The van der Waals surface area contributed by atoms with Gasteiger partial charge in [-0.3, -0.25) is 9.59 Å². The molecule has 0 aliphatic carbocycles. The van der Waals surface area contributed by atoms with Crippen LogP contribution >= 0.6 is 0 Å². The van der Waals surface area contributed by atoms with Crippen LogP contribution in [-0.4, -0.2) is 16.7 Å². The Morgan fingerprint density at radius 3 is 1.55 bits per heavy atom. The van der Waals surface area contributed by atoms with Crippen LogP contribution in [0.5, 0.6) is 0 Å². The van der Waals surface area contributed by atoms with Gasteiger partial charge in [0.15, 0.2) is 11.6 Å². The van der Waals surface area contributed by atoms with Crippen molar-refractivity contribution >= 4 is 11.6 Å². The van der Waals surface area contributed by atoms with Crippen molar-refractivity contribution in [1.29, 1.82) is 0 Å². The maximum atomic E-state index is 11.1. The lowest BCUT2D eigenvalue weighted by atomic mass is 10.0. The van der Waals surface area contributed by atoms with Crippen molar-refractivity contribution in [3.63, 3.8) is 0 Å². The lowest BCUT2D eigenvalue weighted by Crippen LogP contribution is -1.90. The molecule has 0 saturated heterocycles. The molecule has 0 amide bonds. The van der Waals surface area contributed by atoms with Crippen molar-refractivity contribution in [2.75, 3.05) is 0 Å². The summed E-state index contributed by atoms with van der Waals surface area (Å²) in [5, 5.41) is 3.80. The van der Waals surface area contributed by atoms with Gasteiger partial charge >= 0.3 is 0 Å². The van der Waals surface area contributed by atoms with E-state index in [1.807, 2.05) is 54.6 Å². The molecule has 0 unspecified atom stereocenters. The molecule has 4 heteroatoms. The molecule has 29 heavy (non-hydrogen) atoms. The topological polar surface area (TPSA) is 60.2 Å². The smallest absolute Gasteiger partial charge is 0.159 e. The second kappa shape index (κ2) is 9.42. The number of hydrogen-bond donors (Lipinski definition) is 0. The van der Waals surface area contributed by atoms with Gasteiger partial charge in [-0.15, -0.1) is 0 Å². The Morgan fingerprint density at radius 1 is 0.621 bits per heavy atom. The quantitative estimate of drug-likeness (QED) is 0.400. The summed E-state index contributed by atoms with van der Waals surface area (Å²) in [5.41, 5.74) is 5.50. The fourth-order valence-corrected chi connectivity index (χ4v) is 2.77. The van der Waals surface area contributed by atoms with Crippen LogP contribution in [0.1, 0.15) is 34.6 Å². The number of benzene rings is 3. The Kier molecular flexibility index (Phi) is 6.48. The van der Waals surface area contributed by atoms with E-state index in [0.717, 1.165) is 22.4 Å². The fourth-order valence-electron chi connectivity index (χ4n) is 2.77. The number of aromatic nitrogens is 1. The van der Waals surface area contributed by atoms with Crippen molar-refractivity contribution < 1.29 is 14.1 Å². The Morgan fingerprint density at radius 2 is 1.10 bits per heavy atom. The predicted molar refractivity (Wildman–Crippen MR) is 114 cm³/mol. The highest BCUT2D eigenvalue weighted by atomic mass is 16.5. The van der Waals surface area contributed by atoms with Crippen molar-refractivity contribution in [2.45, 2.75) is 13.8 Å². The van der Waals surface area contributed by atoms with E-state index in [1.54, 1.807) is 32.0 Å². The first-order valence-electron chi connectivity index (χ1n) is 9.23. The number of carbonyl (C=O) groups excluding carboxylic acids is 2. The SMILES string of the molecule is CC(=O)c1ccc(-c2ccccc2)cc1.CC(=O)c1ccc(-c2ccon2)cc1. The summed E-state index contributed by atoms with van der Waals surface area (Å²) < 4.78 is 4.73. The summed E-state index contributed by atoms with van der Waals surface area (Å²) in [4.78, 5) is 22.1. The third kappa shape index (κ3) is 5.36. The molecule has 0 saturated carbocycles. The van der Waals surface area contributed by atoms with E-state index >= 15 is 0 Å². The zero-order valence-electron chi connectivity index (χ0n) is 16.3. The van der Waals surface area contributed by atoms with Gasteiger partial charge in [-0.25, -0.2) is 0 Å². The van der Waals surface area contributed by atoms with Gasteiger partial charge in [-0.05, 0) is 25.0 Å². The Labute approximate surface area is 169 Å². The molecule has 3 aromatic carbocycles. The van der Waals surface area contributed by atoms with Gasteiger partial charge in [0.05, 0.1) is 0 Å². The number of Topliss-reactive ketones (excluding diaryl/α,β-unsaturated/α-hetero) is 2. The molecule has 0 bridgehead atoms. The van der Waals surface area contributed by atoms with Gasteiger partial charge < -0.3 is 4.52 Å². The maximum absolute atomic E-state index is 11.1.